The summed E-state index contributed by atoms with van der Waals surface area (Å²) in [6, 6.07) is 0.271. The fraction of sp³-hybridized carbons (Fsp3) is 0.500. The van der Waals surface area contributed by atoms with Crippen molar-refractivity contribution in [2.75, 3.05) is 24.7 Å². The average molecular weight is 397 g/mol. The van der Waals surface area contributed by atoms with Gasteiger partial charge in [0.25, 0.3) is 0 Å². The lowest BCUT2D eigenvalue weighted by molar-refractivity contribution is 0.0986. The molecule has 96 valence electrons. The van der Waals surface area contributed by atoms with Gasteiger partial charge in [0.15, 0.2) is 13.7 Å². The van der Waals surface area contributed by atoms with Gasteiger partial charge in [0.1, 0.15) is 5.52 Å². The first-order chi connectivity index (χ1) is 8.65. The van der Waals surface area contributed by atoms with Crippen LogP contribution in [0, 0.1) is 3.01 Å². The van der Waals surface area contributed by atoms with Crippen molar-refractivity contribution in [1.29, 1.82) is 0 Å². The van der Waals surface area contributed by atoms with E-state index in [-0.39, 0.29) is 11.3 Å². The standard InChI is InChI=1S/C10H10ClIN4OS/c1-5-4-17-3-2-16(5)7-6-8(15-9(11)14-7)18-10(12)13-6/h5H,2-4H2,1H3/t5-/m0/s1. The maximum Gasteiger partial charge on any atom is 0.225 e. The molecule has 8 heteroatoms. The second-order valence-corrected chi connectivity index (χ2v) is 7.12. The van der Waals surface area contributed by atoms with E-state index in [4.69, 9.17) is 16.3 Å². The molecule has 0 saturated carbocycles. The third-order valence-electron chi connectivity index (χ3n) is 2.83. The summed E-state index contributed by atoms with van der Waals surface area (Å²) in [5.74, 6) is 0.819. The number of hydrogen-bond acceptors (Lipinski definition) is 6. The van der Waals surface area contributed by atoms with Gasteiger partial charge < -0.3 is 9.64 Å². The van der Waals surface area contributed by atoms with Crippen LogP contribution in [0.1, 0.15) is 6.92 Å². The fourth-order valence-corrected chi connectivity index (χ4v) is 3.74. The molecular formula is C10H10ClIN4OS. The van der Waals surface area contributed by atoms with Crippen LogP contribution in [0.2, 0.25) is 5.28 Å². The van der Waals surface area contributed by atoms with Crippen LogP contribution in [-0.2, 0) is 4.74 Å². The van der Waals surface area contributed by atoms with Crippen LogP contribution in [0.15, 0.2) is 0 Å². The number of anilines is 1. The smallest absolute Gasteiger partial charge is 0.225 e. The van der Waals surface area contributed by atoms with Gasteiger partial charge >= 0.3 is 0 Å². The summed E-state index contributed by atoms with van der Waals surface area (Å²) in [5, 5.41) is 0.274. The average Bonchev–Trinajstić information content (AvgIpc) is 2.69. The van der Waals surface area contributed by atoms with Crippen molar-refractivity contribution in [1.82, 2.24) is 15.0 Å². The van der Waals surface area contributed by atoms with Crippen molar-refractivity contribution in [3.63, 3.8) is 0 Å². The molecule has 5 nitrogen and oxygen atoms in total. The fourth-order valence-electron chi connectivity index (χ4n) is 2.00. The Labute approximate surface area is 127 Å². The van der Waals surface area contributed by atoms with Gasteiger partial charge in [-0.05, 0) is 41.1 Å². The summed E-state index contributed by atoms with van der Waals surface area (Å²) >= 11 is 9.71. The molecule has 0 aliphatic carbocycles. The minimum absolute atomic E-state index is 0.271. The van der Waals surface area contributed by atoms with Gasteiger partial charge in [0.05, 0.1) is 19.3 Å². The molecule has 2 aromatic heterocycles. The maximum absolute atomic E-state index is 6.00. The largest absolute Gasteiger partial charge is 0.377 e. The zero-order valence-electron chi connectivity index (χ0n) is 9.56. The number of fused-ring (bicyclic) bond motifs is 1. The Hall–Kier alpha value is -0.250. The van der Waals surface area contributed by atoms with E-state index in [2.05, 4.69) is 49.4 Å². The SMILES string of the molecule is C[C@H]1COCCN1c1nc(Cl)nc2sc(I)nc12. The number of aromatic nitrogens is 3. The Bertz CT molecular complexity index is 593. The Morgan fingerprint density at radius 2 is 2.28 bits per heavy atom. The highest BCUT2D eigenvalue weighted by Crippen LogP contribution is 2.31. The number of morpholine rings is 1. The molecule has 2 aromatic rings. The van der Waals surface area contributed by atoms with Gasteiger partial charge in [-0.15, -0.1) is 0 Å². The zero-order chi connectivity index (χ0) is 12.7. The van der Waals surface area contributed by atoms with Crippen molar-refractivity contribution in [3.8, 4) is 0 Å². The Balaban J connectivity index is 2.14. The highest BCUT2D eigenvalue weighted by molar-refractivity contribution is 14.1. The highest BCUT2D eigenvalue weighted by Gasteiger charge is 2.24. The summed E-state index contributed by atoms with van der Waals surface area (Å²) in [6.45, 7) is 4.31. The van der Waals surface area contributed by atoms with Crippen LogP contribution in [-0.4, -0.2) is 40.8 Å². The molecule has 0 aromatic carbocycles. The summed E-state index contributed by atoms with van der Waals surface area (Å²) < 4.78 is 6.39. The third-order valence-corrected chi connectivity index (χ3v) is 4.64. The van der Waals surface area contributed by atoms with E-state index < -0.39 is 0 Å². The van der Waals surface area contributed by atoms with Crippen molar-refractivity contribution in [3.05, 3.63) is 8.30 Å². The molecule has 3 rings (SSSR count). The molecule has 1 saturated heterocycles. The summed E-state index contributed by atoms with van der Waals surface area (Å²) in [5.41, 5.74) is 0.836. The predicted molar refractivity (Wildman–Crippen MR) is 80.6 cm³/mol. The monoisotopic (exact) mass is 396 g/mol. The van der Waals surface area contributed by atoms with Crippen LogP contribution < -0.4 is 4.90 Å². The van der Waals surface area contributed by atoms with Gasteiger partial charge in [-0.1, -0.05) is 11.3 Å². The second-order valence-electron chi connectivity index (χ2n) is 4.05. The number of hydrogen-bond donors (Lipinski definition) is 0. The molecule has 0 bridgehead atoms. The first-order valence-corrected chi connectivity index (χ1v) is 7.76. The molecule has 1 fully saturated rings. The van der Waals surface area contributed by atoms with Crippen LogP contribution >= 0.6 is 45.5 Å². The predicted octanol–water partition coefficient (Wildman–Crippen LogP) is 2.57. The molecule has 1 aliphatic heterocycles. The van der Waals surface area contributed by atoms with Crippen LogP contribution in [0.25, 0.3) is 10.3 Å². The quantitative estimate of drug-likeness (QED) is 0.548. The lowest BCUT2D eigenvalue weighted by Gasteiger charge is -2.34. The van der Waals surface area contributed by atoms with Gasteiger partial charge in [-0.2, -0.15) is 4.98 Å². The van der Waals surface area contributed by atoms with Crippen LogP contribution in [0.3, 0.4) is 0 Å². The normalized spacial score (nSPS) is 20.6. The minimum Gasteiger partial charge on any atom is -0.377 e. The van der Waals surface area contributed by atoms with Crippen LogP contribution in [0.4, 0.5) is 5.82 Å². The first kappa shape index (κ1) is 12.8. The van der Waals surface area contributed by atoms with Gasteiger partial charge in [-0.25, -0.2) is 9.97 Å². The number of rotatable bonds is 1. The Morgan fingerprint density at radius 3 is 3.06 bits per heavy atom. The van der Waals surface area contributed by atoms with E-state index in [1.165, 1.54) is 11.3 Å². The minimum atomic E-state index is 0.271. The van der Waals surface area contributed by atoms with Crippen molar-refractivity contribution >= 4 is 61.7 Å². The number of thiazole rings is 1. The molecule has 0 unspecified atom stereocenters. The molecule has 0 N–H and O–H groups in total. The molecular weight excluding hydrogens is 387 g/mol. The lowest BCUT2D eigenvalue weighted by atomic mass is 10.2. The van der Waals surface area contributed by atoms with Gasteiger partial charge in [0, 0.05) is 6.54 Å². The van der Waals surface area contributed by atoms with E-state index in [1.807, 2.05) is 0 Å². The van der Waals surface area contributed by atoms with E-state index in [9.17, 15) is 0 Å². The zero-order valence-corrected chi connectivity index (χ0v) is 13.3. The third kappa shape index (κ3) is 2.28. The molecule has 18 heavy (non-hydrogen) atoms. The highest BCUT2D eigenvalue weighted by atomic mass is 127. The lowest BCUT2D eigenvalue weighted by Crippen LogP contribution is -2.44. The summed E-state index contributed by atoms with van der Waals surface area (Å²) in [4.78, 5) is 16.1. The van der Waals surface area contributed by atoms with Crippen molar-refractivity contribution in [2.45, 2.75) is 13.0 Å². The summed E-state index contributed by atoms with van der Waals surface area (Å²) in [6.07, 6.45) is 0. The van der Waals surface area contributed by atoms with E-state index >= 15 is 0 Å². The number of halogens is 2. The Morgan fingerprint density at radius 1 is 1.44 bits per heavy atom. The van der Waals surface area contributed by atoms with Crippen molar-refractivity contribution < 1.29 is 4.74 Å². The van der Waals surface area contributed by atoms with Gasteiger partial charge in [0.2, 0.25) is 5.28 Å². The number of nitrogens with zero attached hydrogens (tertiary/aromatic N) is 4. The molecule has 1 atom stereocenters. The molecule has 0 amide bonds. The van der Waals surface area contributed by atoms with Crippen LogP contribution in [0.5, 0.6) is 0 Å². The second kappa shape index (κ2) is 5.03. The van der Waals surface area contributed by atoms with E-state index in [1.54, 1.807) is 0 Å². The molecule has 3 heterocycles. The maximum atomic E-state index is 6.00. The first-order valence-electron chi connectivity index (χ1n) is 5.49. The molecule has 0 radical (unpaired) electrons. The van der Waals surface area contributed by atoms with E-state index in [0.717, 1.165) is 25.7 Å². The van der Waals surface area contributed by atoms with E-state index in [0.29, 0.717) is 13.2 Å². The molecule has 1 aliphatic rings. The molecule has 0 spiro atoms. The number of ether oxygens (including phenoxy) is 1. The summed E-state index contributed by atoms with van der Waals surface area (Å²) in [7, 11) is 0. The topological polar surface area (TPSA) is 51.1 Å². The van der Waals surface area contributed by atoms with Crippen molar-refractivity contribution in [2.24, 2.45) is 0 Å². The Kier molecular flexibility index (Phi) is 3.57. The van der Waals surface area contributed by atoms with Gasteiger partial charge in [-0.3, -0.25) is 0 Å².